The Hall–Kier alpha value is -3.15. The molecular formula is C17H13FN4O. The summed E-state index contributed by atoms with van der Waals surface area (Å²) in [5, 5.41) is 12.2. The zero-order chi connectivity index (χ0) is 15.8. The molecule has 5 nitrogen and oxygen atoms in total. The summed E-state index contributed by atoms with van der Waals surface area (Å²) in [4.78, 5) is 4.64. The van der Waals surface area contributed by atoms with Crippen LogP contribution in [0.1, 0.15) is 0 Å². The third-order valence-electron chi connectivity index (χ3n) is 3.71. The number of ether oxygens (including phenoxy) is 1. The van der Waals surface area contributed by atoms with Crippen LogP contribution in [0.2, 0.25) is 0 Å². The van der Waals surface area contributed by atoms with Crippen LogP contribution in [0.4, 0.5) is 15.9 Å². The van der Waals surface area contributed by atoms with Crippen molar-refractivity contribution in [3.8, 4) is 5.75 Å². The van der Waals surface area contributed by atoms with Gasteiger partial charge in [-0.25, -0.2) is 9.37 Å². The second kappa shape index (κ2) is 5.24. The Morgan fingerprint density at radius 1 is 1.09 bits per heavy atom. The lowest BCUT2D eigenvalue weighted by Crippen LogP contribution is -1.96. The molecule has 0 atom stereocenters. The van der Waals surface area contributed by atoms with Crippen LogP contribution < -0.4 is 10.1 Å². The van der Waals surface area contributed by atoms with E-state index in [0.717, 1.165) is 33.2 Å². The number of hydrogen-bond donors (Lipinski definition) is 2. The van der Waals surface area contributed by atoms with E-state index >= 15 is 0 Å². The number of pyridine rings is 1. The van der Waals surface area contributed by atoms with Gasteiger partial charge in [-0.15, -0.1) is 0 Å². The maximum atomic E-state index is 13.0. The number of methoxy groups -OCH3 is 1. The maximum absolute atomic E-state index is 13.0. The lowest BCUT2D eigenvalue weighted by atomic mass is 10.1. The van der Waals surface area contributed by atoms with Crippen LogP contribution in [0.15, 0.2) is 48.7 Å². The van der Waals surface area contributed by atoms with Crippen molar-refractivity contribution in [2.75, 3.05) is 12.4 Å². The normalized spacial score (nSPS) is 11.0. The van der Waals surface area contributed by atoms with Gasteiger partial charge >= 0.3 is 0 Å². The third-order valence-corrected chi connectivity index (χ3v) is 3.71. The molecule has 0 radical (unpaired) electrons. The number of hydrogen-bond acceptors (Lipinski definition) is 4. The summed E-state index contributed by atoms with van der Waals surface area (Å²) in [5.41, 5.74) is 2.36. The average Bonchev–Trinajstić information content (AvgIpc) is 3.07. The smallest absolute Gasteiger partial charge is 0.157 e. The number of nitrogens with one attached hydrogen (secondary N) is 2. The first kappa shape index (κ1) is 13.5. The molecule has 2 aromatic heterocycles. The van der Waals surface area contributed by atoms with Crippen molar-refractivity contribution in [1.82, 2.24) is 15.2 Å². The SMILES string of the molecule is COc1ccc2nc(Nc3ccc(F)cc3)c3[nH]ncc3c2c1. The van der Waals surface area contributed by atoms with Crippen molar-refractivity contribution < 1.29 is 9.13 Å². The largest absolute Gasteiger partial charge is 0.497 e. The van der Waals surface area contributed by atoms with Gasteiger partial charge in [-0.3, -0.25) is 5.10 Å². The van der Waals surface area contributed by atoms with Crippen molar-refractivity contribution in [1.29, 1.82) is 0 Å². The van der Waals surface area contributed by atoms with E-state index in [2.05, 4.69) is 20.5 Å². The molecule has 114 valence electrons. The van der Waals surface area contributed by atoms with Gasteiger partial charge in [-0.2, -0.15) is 5.10 Å². The van der Waals surface area contributed by atoms with E-state index < -0.39 is 0 Å². The number of aromatic amines is 1. The Morgan fingerprint density at radius 3 is 2.70 bits per heavy atom. The first-order chi connectivity index (χ1) is 11.2. The summed E-state index contributed by atoms with van der Waals surface area (Å²) >= 11 is 0. The molecule has 0 aliphatic heterocycles. The number of H-pyrrole nitrogens is 1. The first-order valence-electron chi connectivity index (χ1n) is 7.08. The average molecular weight is 308 g/mol. The molecule has 0 fully saturated rings. The molecular weight excluding hydrogens is 295 g/mol. The molecule has 2 N–H and O–H groups in total. The topological polar surface area (TPSA) is 62.8 Å². The van der Waals surface area contributed by atoms with Crippen LogP contribution in [0.3, 0.4) is 0 Å². The highest BCUT2D eigenvalue weighted by atomic mass is 19.1. The fraction of sp³-hybridized carbons (Fsp3) is 0.0588. The summed E-state index contributed by atoms with van der Waals surface area (Å²) in [7, 11) is 1.63. The van der Waals surface area contributed by atoms with Gasteiger partial charge in [0.25, 0.3) is 0 Å². The van der Waals surface area contributed by atoms with E-state index in [9.17, 15) is 4.39 Å². The zero-order valence-corrected chi connectivity index (χ0v) is 12.3. The lowest BCUT2D eigenvalue weighted by Gasteiger charge is -2.09. The number of aromatic nitrogens is 3. The molecule has 0 bridgehead atoms. The van der Waals surface area contributed by atoms with E-state index in [4.69, 9.17) is 4.74 Å². The minimum Gasteiger partial charge on any atom is -0.497 e. The Morgan fingerprint density at radius 2 is 1.91 bits per heavy atom. The number of anilines is 2. The minimum absolute atomic E-state index is 0.277. The molecule has 2 heterocycles. The van der Waals surface area contributed by atoms with Crippen molar-refractivity contribution in [2.24, 2.45) is 0 Å². The van der Waals surface area contributed by atoms with Crippen LogP contribution in [-0.4, -0.2) is 22.3 Å². The van der Waals surface area contributed by atoms with Gasteiger partial charge in [0.15, 0.2) is 5.82 Å². The number of nitrogens with zero attached hydrogens (tertiary/aromatic N) is 2. The minimum atomic E-state index is -0.277. The van der Waals surface area contributed by atoms with E-state index in [0.29, 0.717) is 5.82 Å². The monoisotopic (exact) mass is 308 g/mol. The van der Waals surface area contributed by atoms with Gasteiger partial charge in [-0.05, 0) is 42.5 Å². The Kier molecular flexibility index (Phi) is 3.08. The Bertz CT molecular complexity index is 995. The molecule has 0 aliphatic carbocycles. The van der Waals surface area contributed by atoms with Crippen molar-refractivity contribution in [3.63, 3.8) is 0 Å². The van der Waals surface area contributed by atoms with Crippen molar-refractivity contribution in [2.45, 2.75) is 0 Å². The molecule has 4 aromatic rings. The second-order valence-electron chi connectivity index (χ2n) is 5.13. The number of fused-ring (bicyclic) bond motifs is 3. The fourth-order valence-corrected chi connectivity index (χ4v) is 2.56. The quantitative estimate of drug-likeness (QED) is 0.600. The Balaban J connectivity index is 1.88. The standard InChI is InChI=1S/C17H13FN4O/c1-23-12-6-7-15-13(8-12)14-9-19-22-16(14)17(21-15)20-11-4-2-10(18)3-5-11/h2-9H,1H3,(H,19,22)(H,20,21). The number of benzene rings is 2. The zero-order valence-electron chi connectivity index (χ0n) is 12.3. The summed E-state index contributed by atoms with van der Waals surface area (Å²) in [6, 6.07) is 11.8. The molecule has 0 unspecified atom stereocenters. The van der Waals surface area contributed by atoms with Crippen molar-refractivity contribution in [3.05, 3.63) is 54.5 Å². The molecule has 0 amide bonds. The van der Waals surface area contributed by atoms with E-state index in [1.165, 1.54) is 12.1 Å². The van der Waals surface area contributed by atoms with Gasteiger partial charge in [0.2, 0.25) is 0 Å². The third kappa shape index (κ3) is 2.34. The Labute approximate surface area is 131 Å². The van der Waals surface area contributed by atoms with Gasteiger partial charge < -0.3 is 10.1 Å². The predicted molar refractivity (Wildman–Crippen MR) is 87.6 cm³/mol. The molecule has 23 heavy (non-hydrogen) atoms. The molecule has 2 aromatic carbocycles. The molecule has 0 aliphatic rings. The fourth-order valence-electron chi connectivity index (χ4n) is 2.56. The van der Waals surface area contributed by atoms with Crippen LogP contribution >= 0.6 is 0 Å². The highest BCUT2D eigenvalue weighted by molar-refractivity contribution is 6.09. The highest BCUT2D eigenvalue weighted by Crippen LogP contribution is 2.31. The maximum Gasteiger partial charge on any atom is 0.157 e. The van der Waals surface area contributed by atoms with Crippen molar-refractivity contribution >= 4 is 33.3 Å². The molecule has 0 saturated carbocycles. The molecule has 0 saturated heterocycles. The predicted octanol–water partition coefficient (Wildman–Crippen LogP) is 4.00. The second-order valence-corrected chi connectivity index (χ2v) is 5.13. The lowest BCUT2D eigenvalue weighted by molar-refractivity contribution is 0.415. The van der Waals surface area contributed by atoms with E-state index in [-0.39, 0.29) is 5.82 Å². The van der Waals surface area contributed by atoms with Gasteiger partial charge in [0, 0.05) is 16.5 Å². The van der Waals surface area contributed by atoms with Gasteiger partial charge in [-0.1, -0.05) is 0 Å². The number of halogens is 1. The van der Waals surface area contributed by atoms with Gasteiger partial charge in [0.05, 0.1) is 18.8 Å². The van der Waals surface area contributed by atoms with Crippen LogP contribution in [0.5, 0.6) is 5.75 Å². The van der Waals surface area contributed by atoms with E-state index in [1.54, 1.807) is 25.4 Å². The summed E-state index contributed by atoms with van der Waals surface area (Å²) < 4.78 is 18.3. The highest BCUT2D eigenvalue weighted by Gasteiger charge is 2.11. The van der Waals surface area contributed by atoms with Crippen LogP contribution in [-0.2, 0) is 0 Å². The molecule has 4 rings (SSSR count). The van der Waals surface area contributed by atoms with Crippen LogP contribution in [0.25, 0.3) is 21.8 Å². The summed E-state index contributed by atoms with van der Waals surface area (Å²) in [6.45, 7) is 0. The molecule has 6 heteroatoms. The number of rotatable bonds is 3. The summed E-state index contributed by atoms with van der Waals surface area (Å²) in [5.74, 6) is 1.13. The van der Waals surface area contributed by atoms with E-state index in [1.807, 2.05) is 18.2 Å². The van der Waals surface area contributed by atoms with Gasteiger partial charge in [0.1, 0.15) is 17.1 Å². The van der Waals surface area contributed by atoms with Crippen LogP contribution in [0, 0.1) is 5.82 Å². The summed E-state index contributed by atoms with van der Waals surface area (Å²) in [6.07, 6.45) is 1.76. The first-order valence-corrected chi connectivity index (χ1v) is 7.08. The molecule has 0 spiro atoms.